The SMILES string of the molecule is O=S(=O)(Cc1ccc(Cl)cc1)Nc1nnc(CSCc2ccccc2)s1. The number of hydrogen-bond donors (Lipinski definition) is 1. The van der Waals surface area contributed by atoms with Gasteiger partial charge in [-0.2, -0.15) is 0 Å². The van der Waals surface area contributed by atoms with Gasteiger partial charge in [0, 0.05) is 16.5 Å². The molecule has 0 spiro atoms. The molecule has 0 saturated carbocycles. The number of anilines is 1. The Morgan fingerprint density at radius 3 is 2.42 bits per heavy atom. The number of benzene rings is 2. The zero-order valence-electron chi connectivity index (χ0n) is 13.6. The van der Waals surface area contributed by atoms with E-state index in [0.717, 1.165) is 10.8 Å². The summed E-state index contributed by atoms with van der Waals surface area (Å²) in [6.07, 6.45) is 0. The Bertz CT molecular complexity index is 945. The number of sulfonamides is 1. The number of thioether (sulfide) groups is 1. The van der Waals surface area contributed by atoms with Crippen LogP contribution in [0.4, 0.5) is 5.13 Å². The molecule has 1 aromatic heterocycles. The van der Waals surface area contributed by atoms with Gasteiger partial charge in [0.1, 0.15) is 5.01 Å². The van der Waals surface area contributed by atoms with Gasteiger partial charge in [-0.25, -0.2) is 8.42 Å². The number of halogens is 1. The third-order valence-electron chi connectivity index (χ3n) is 3.32. The van der Waals surface area contributed by atoms with Crippen molar-refractivity contribution < 1.29 is 8.42 Å². The Hall–Kier alpha value is -1.61. The first-order valence-electron chi connectivity index (χ1n) is 7.69. The van der Waals surface area contributed by atoms with Crippen molar-refractivity contribution in [1.82, 2.24) is 10.2 Å². The molecule has 2 aromatic carbocycles. The topological polar surface area (TPSA) is 72.0 Å². The number of hydrogen-bond acceptors (Lipinski definition) is 6. The summed E-state index contributed by atoms with van der Waals surface area (Å²) in [6, 6.07) is 16.9. The number of rotatable bonds is 8. The maximum atomic E-state index is 12.3. The van der Waals surface area contributed by atoms with Gasteiger partial charge >= 0.3 is 0 Å². The summed E-state index contributed by atoms with van der Waals surface area (Å²) in [5.74, 6) is 1.42. The molecule has 9 heteroatoms. The van der Waals surface area contributed by atoms with E-state index in [1.165, 1.54) is 16.9 Å². The second kappa shape index (κ2) is 8.85. The maximum absolute atomic E-state index is 12.3. The van der Waals surface area contributed by atoms with Crippen LogP contribution in [0.3, 0.4) is 0 Å². The summed E-state index contributed by atoms with van der Waals surface area (Å²) in [7, 11) is -3.54. The van der Waals surface area contributed by atoms with Crippen LogP contribution in [0.2, 0.25) is 5.02 Å². The third-order valence-corrected chi connectivity index (χ3v) is 6.95. The first kappa shape index (κ1) is 19.2. The van der Waals surface area contributed by atoms with Crippen LogP contribution >= 0.6 is 34.7 Å². The van der Waals surface area contributed by atoms with Crippen LogP contribution in [-0.2, 0) is 27.3 Å². The highest BCUT2D eigenvalue weighted by Gasteiger charge is 2.15. The molecule has 0 saturated heterocycles. The molecule has 3 aromatic rings. The summed E-state index contributed by atoms with van der Waals surface area (Å²) in [5.41, 5.74) is 1.90. The van der Waals surface area contributed by atoms with Crippen molar-refractivity contribution in [3.63, 3.8) is 0 Å². The van der Waals surface area contributed by atoms with Gasteiger partial charge in [-0.05, 0) is 23.3 Å². The fraction of sp³-hybridized carbons (Fsp3) is 0.176. The van der Waals surface area contributed by atoms with Crippen molar-refractivity contribution in [3.05, 3.63) is 75.8 Å². The normalized spacial score (nSPS) is 11.4. The Balaban J connectivity index is 1.53. The molecule has 136 valence electrons. The zero-order valence-corrected chi connectivity index (χ0v) is 16.8. The van der Waals surface area contributed by atoms with E-state index in [2.05, 4.69) is 27.1 Å². The Morgan fingerprint density at radius 2 is 1.69 bits per heavy atom. The lowest BCUT2D eigenvalue weighted by Gasteiger charge is -2.04. The molecule has 0 bridgehead atoms. The second-order valence-corrected chi connectivity index (χ2v) is 9.67. The van der Waals surface area contributed by atoms with Crippen molar-refractivity contribution in [2.75, 3.05) is 4.72 Å². The quantitative estimate of drug-likeness (QED) is 0.572. The number of nitrogens with zero attached hydrogens (tertiary/aromatic N) is 2. The van der Waals surface area contributed by atoms with E-state index in [1.54, 1.807) is 36.0 Å². The summed E-state index contributed by atoms with van der Waals surface area (Å²) < 4.78 is 27.0. The standard InChI is InChI=1S/C17H16ClN3O2S3/c18-15-8-6-14(7-9-15)12-26(22,23)21-17-20-19-16(25-17)11-24-10-13-4-2-1-3-5-13/h1-9H,10-12H2,(H,20,21). The molecule has 1 N–H and O–H groups in total. The molecule has 1 heterocycles. The molecular formula is C17H16ClN3O2S3. The molecule has 3 rings (SSSR count). The van der Waals surface area contributed by atoms with Gasteiger partial charge in [0.15, 0.2) is 0 Å². The van der Waals surface area contributed by atoms with Crippen LogP contribution in [0.25, 0.3) is 0 Å². The Kier molecular flexibility index (Phi) is 6.53. The highest BCUT2D eigenvalue weighted by molar-refractivity contribution is 7.97. The fourth-order valence-electron chi connectivity index (χ4n) is 2.15. The minimum absolute atomic E-state index is 0.137. The van der Waals surface area contributed by atoms with Gasteiger partial charge in [-0.3, -0.25) is 4.72 Å². The lowest BCUT2D eigenvalue weighted by atomic mass is 10.2. The van der Waals surface area contributed by atoms with E-state index < -0.39 is 10.0 Å². The van der Waals surface area contributed by atoms with Gasteiger partial charge in [0.25, 0.3) is 0 Å². The highest BCUT2D eigenvalue weighted by Crippen LogP contribution is 2.24. The van der Waals surface area contributed by atoms with Gasteiger partial charge in [0.05, 0.1) is 5.75 Å². The van der Waals surface area contributed by atoms with Crippen molar-refractivity contribution >= 4 is 49.9 Å². The van der Waals surface area contributed by atoms with E-state index >= 15 is 0 Å². The molecule has 0 fully saturated rings. The van der Waals surface area contributed by atoms with Crippen molar-refractivity contribution in [2.24, 2.45) is 0 Å². The third kappa shape index (κ3) is 5.98. The summed E-state index contributed by atoms with van der Waals surface area (Å²) >= 11 is 8.78. The van der Waals surface area contributed by atoms with Crippen molar-refractivity contribution in [1.29, 1.82) is 0 Å². The molecule has 0 unspecified atom stereocenters. The second-order valence-electron chi connectivity index (χ2n) is 5.47. The molecule has 0 amide bonds. The molecule has 0 aliphatic heterocycles. The molecule has 0 aliphatic carbocycles. The van der Waals surface area contributed by atoms with Crippen molar-refractivity contribution in [2.45, 2.75) is 17.3 Å². The largest absolute Gasteiger partial charge is 0.257 e. The van der Waals surface area contributed by atoms with Gasteiger partial charge in [-0.1, -0.05) is 65.4 Å². The molecule has 0 aliphatic rings. The molecule has 0 atom stereocenters. The first-order valence-corrected chi connectivity index (χ1v) is 11.7. The van der Waals surface area contributed by atoms with Gasteiger partial charge < -0.3 is 0 Å². The predicted molar refractivity (Wildman–Crippen MR) is 109 cm³/mol. The lowest BCUT2D eigenvalue weighted by Crippen LogP contribution is -2.14. The van der Waals surface area contributed by atoms with Crippen LogP contribution in [0.1, 0.15) is 16.1 Å². The summed E-state index contributed by atoms with van der Waals surface area (Å²) in [5, 5.41) is 9.62. The van der Waals surface area contributed by atoms with E-state index in [9.17, 15) is 8.42 Å². The Labute approximate surface area is 165 Å². The van der Waals surface area contributed by atoms with Gasteiger partial charge in [0.2, 0.25) is 15.2 Å². The van der Waals surface area contributed by atoms with Crippen LogP contribution in [-0.4, -0.2) is 18.6 Å². The van der Waals surface area contributed by atoms with Crippen molar-refractivity contribution in [3.8, 4) is 0 Å². The lowest BCUT2D eigenvalue weighted by molar-refractivity contribution is 0.600. The Morgan fingerprint density at radius 1 is 0.962 bits per heavy atom. The molecule has 26 heavy (non-hydrogen) atoms. The van der Waals surface area contributed by atoms with Crippen LogP contribution in [0.5, 0.6) is 0 Å². The monoisotopic (exact) mass is 425 g/mol. The van der Waals surface area contributed by atoms with Crippen LogP contribution < -0.4 is 4.72 Å². The maximum Gasteiger partial charge on any atom is 0.238 e. The number of nitrogens with one attached hydrogen (secondary N) is 1. The highest BCUT2D eigenvalue weighted by atomic mass is 35.5. The van der Waals surface area contributed by atoms with Crippen LogP contribution in [0, 0.1) is 0 Å². The summed E-state index contributed by atoms with van der Waals surface area (Å²) in [4.78, 5) is 0. The average Bonchev–Trinajstić information content (AvgIpc) is 3.04. The smallest absolute Gasteiger partial charge is 0.238 e. The minimum Gasteiger partial charge on any atom is -0.257 e. The first-order chi connectivity index (χ1) is 12.5. The molecule has 0 radical (unpaired) electrons. The van der Waals surface area contributed by atoms with E-state index in [-0.39, 0.29) is 10.9 Å². The molecular weight excluding hydrogens is 410 g/mol. The van der Waals surface area contributed by atoms with E-state index in [4.69, 9.17) is 11.6 Å². The van der Waals surface area contributed by atoms with Crippen LogP contribution in [0.15, 0.2) is 54.6 Å². The predicted octanol–water partition coefficient (Wildman–Crippen LogP) is 4.57. The van der Waals surface area contributed by atoms with E-state index in [1.807, 2.05) is 18.2 Å². The summed E-state index contributed by atoms with van der Waals surface area (Å²) in [6.45, 7) is 0. The molecule has 5 nitrogen and oxygen atoms in total. The zero-order chi connectivity index (χ0) is 18.4. The fourth-order valence-corrected chi connectivity index (χ4v) is 5.47. The van der Waals surface area contributed by atoms with E-state index in [0.29, 0.717) is 16.3 Å². The van der Waals surface area contributed by atoms with Gasteiger partial charge in [-0.15, -0.1) is 22.0 Å². The number of aromatic nitrogens is 2. The minimum atomic E-state index is -3.54. The average molecular weight is 426 g/mol.